The Labute approximate surface area is 108 Å². The molecule has 1 fully saturated rings. The molecule has 0 aromatic rings. The molecule has 0 aliphatic heterocycles. The van der Waals surface area contributed by atoms with Gasteiger partial charge < -0.3 is 10.1 Å². The van der Waals surface area contributed by atoms with Crippen LogP contribution in [0.5, 0.6) is 0 Å². The Morgan fingerprint density at radius 1 is 1.24 bits per heavy atom. The molecule has 17 heavy (non-hydrogen) atoms. The van der Waals surface area contributed by atoms with Gasteiger partial charge in [0.15, 0.2) is 0 Å². The summed E-state index contributed by atoms with van der Waals surface area (Å²) in [6.07, 6.45) is 5.14. The summed E-state index contributed by atoms with van der Waals surface area (Å²) in [4.78, 5) is 0. The molecule has 1 saturated carbocycles. The summed E-state index contributed by atoms with van der Waals surface area (Å²) in [6.45, 7) is 9.26. The van der Waals surface area contributed by atoms with E-state index in [2.05, 4.69) is 40.1 Å². The summed E-state index contributed by atoms with van der Waals surface area (Å²) in [6, 6.07) is 0.475. The van der Waals surface area contributed by atoms with Gasteiger partial charge in [0.1, 0.15) is 0 Å². The van der Waals surface area contributed by atoms with Crippen LogP contribution in [0.3, 0.4) is 0 Å². The van der Waals surface area contributed by atoms with Crippen molar-refractivity contribution in [2.75, 3.05) is 14.2 Å². The molecule has 102 valence electrons. The van der Waals surface area contributed by atoms with Gasteiger partial charge in [0, 0.05) is 13.2 Å². The zero-order chi connectivity index (χ0) is 13.1. The maximum Gasteiger partial charge on any atom is 0.0802 e. The van der Waals surface area contributed by atoms with Gasteiger partial charge in [-0.3, -0.25) is 0 Å². The first kappa shape index (κ1) is 15.0. The van der Waals surface area contributed by atoms with Crippen LogP contribution in [-0.4, -0.2) is 25.8 Å². The Morgan fingerprint density at radius 3 is 2.12 bits per heavy atom. The number of nitrogens with one attached hydrogen (secondary N) is 1. The van der Waals surface area contributed by atoms with Crippen LogP contribution in [-0.2, 0) is 4.74 Å². The van der Waals surface area contributed by atoms with Crippen molar-refractivity contribution in [1.82, 2.24) is 5.32 Å². The maximum atomic E-state index is 5.80. The van der Waals surface area contributed by atoms with Crippen molar-refractivity contribution in [2.24, 2.45) is 17.8 Å². The predicted octanol–water partition coefficient (Wildman–Crippen LogP) is 3.46. The molecule has 0 aromatic heterocycles. The van der Waals surface area contributed by atoms with Gasteiger partial charge in [0.25, 0.3) is 0 Å². The topological polar surface area (TPSA) is 21.3 Å². The minimum atomic E-state index is -0.0316. The highest BCUT2D eigenvalue weighted by Gasteiger charge is 2.39. The molecule has 4 unspecified atom stereocenters. The molecule has 0 aromatic carbocycles. The van der Waals surface area contributed by atoms with Crippen molar-refractivity contribution in [3.8, 4) is 0 Å². The SMILES string of the molecule is CCC(C)(OC)C(NC)C1CC(C)CC(C)C1. The van der Waals surface area contributed by atoms with E-state index >= 15 is 0 Å². The van der Waals surface area contributed by atoms with E-state index in [0.717, 1.165) is 24.2 Å². The quantitative estimate of drug-likeness (QED) is 0.796. The fraction of sp³-hybridized carbons (Fsp3) is 1.00. The lowest BCUT2D eigenvalue weighted by Crippen LogP contribution is -2.54. The lowest BCUT2D eigenvalue weighted by Gasteiger charge is -2.44. The zero-order valence-corrected chi connectivity index (χ0v) is 12.5. The van der Waals surface area contributed by atoms with E-state index in [1.807, 2.05) is 7.11 Å². The van der Waals surface area contributed by atoms with Crippen LogP contribution in [0, 0.1) is 17.8 Å². The first-order valence-electron chi connectivity index (χ1n) is 7.19. The highest BCUT2D eigenvalue weighted by atomic mass is 16.5. The predicted molar refractivity (Wildman–Crippen MR) is 74.2 cm³/mol. The Balaban J connectivity index is 2.78. The number of hydrogen-bond donors (Lipinski definition) is 1. The first-order valence-corrected chi connectivity index (χ1v) is 7.19. The highest BCUT2D eigenvalue weighted by Crippen LogP contribution is 2.38. The molecule has 1 N–H and O–H groups in total. The fourth-order valence-electron chi connectivity index (χ4n) is 3.81. The Bertz CT molecular complexity index is 215. The van der Waals surface area contributed by atoms with Crippen molar-refractivity contribution in [3.63, 3.8) is 0 Å². The smallest absolute Gasteiger partial charge is 0.0802 e. The van der Waals surface area contributed by atoms with Gasteiger partial charge in [-0.15, -0.1) is 0 Å². The average molecular weight is 241 g/mol. The lowest BCUT2D eigenvalue weighted by atomic mass is 9.70. The minimum Gasteiger partial charge on any atom is -0.377 e. The van der Waals surface area contributed by atoms with E-state index in [4.69, 9.17) is 4.74 Å². The summed E-state index contributed by atoms with van der Waals surface area (Å²) in [5.74, 6) is 2.47. The molecule has 1 aliphatic rings. The monoisotopic (exact) mass is 241 g/mol. The summed E-state index contributed by atoms with van der Waals surface area (Å²) in [7, 11) is 3.94. The summed E-state index contributed by atoms with van der Waals surface area (Å²) in [5, 5.41) is 3.53. The average Bonchev–Trinajstić information content (AvgIpc) is 2.28. The van der Waals surface area contributed by atoms with E-state index in [-0.39, 0.29) is 5.60 Å². The second-order valence-electron chi connectivity index (χ2n) is 6.31. The third-order valence-electron chi connectivity index (χ3n) is 4.82. The van der Waals surface area contributed by atoms with Crippen molar-refractivity contribution in [3.05, 3.63) is 0 Å². The molecule has 0 radical (unpaired) electrons. The molecular formula is C15H31NO. The van der Waals surface area contributed by atoms with E-state index in [0.29, 0.717) is 6.04 Å². The van der Waals surface area contributed by atoms with Gasteiger partial charge in [-0.1, -0.05) is 20.8 Å². The van der Waals surface area contributed by atoms with Crippen molar-refractivity contribution < 1.29 is 4.74 Å². The largest absolute Gasteiger partial charge is 0.377 e. The van der Waals surface area contributed by atoms with Gasteiger partial charge >= 0.3 is 0 Å². The number of hydrogen-bond acceptors (Lipinski definition) is 2. The van der Waals surface area contributed by atoms with Crippen LogP contribution in [0.25, 0.3) is 0 Å². The Kier molecular flexibility index (Phi) is 5.46. The van der Waals surface area contributed by atoms with Crippen LogP contribution in [0.2, 0.25) is 0 Å². The van der Waals surface area contributed by atoms with Gasteiger partial charge in [-0.2, -0.15) is 0 Å². The molecule has 0 bridgehead atoms. The van der Waals surface area contributed by atoms with Crippen LogP contribution in [0.1, 0.15) is 53.4 Å². The third-order valence-corrected chi connectivity index (χ3v) is 4.82. The minimum absolute atomic E-state index is 0.0316. The fourth-order valence-corrected chi connectivity index (χ4v) is 3.81. The van der Waals surface area contributed by atoms with Crippen molar-refractivity contribution in [2.45, 2.75) is 65.0 Å². The number of rotatable bonds is 5. The molecule has 1 rings (SSSR count). The molecule has 2 nitrogen and oxygen atoms in total. The maximum absolute atomic E-state index is 5.80. The van der Waals surface area contributed by atoms with E-state index < -0.39 is 0 Å². The van der Waals surface area contributed by atoms with E-state index in [9.17, 15) is 0 Å². The molecule has 2 heteroatoms. The van der Waals surface area contributed by atoms with Gasteiger partial charge in [0.2, 0.25) is 0 Å². The van der Waals surface area contributed by atoms with Crippen LogP contribution in [0.15, 0.2) is 0 Å². The first-order chi connectivity index (χ1) is 7.96. The second-order valence-corrected chi connectivity index (χ2v) is 6.31. The molecule has 4 atom stereocenters. The normalized spacial score (nSPS) is 35.3. The van der Waals surface area contributed by atoms with Gasteiger partial charge in [-0.25, -0.2) is 0 Å². The van der Waals surface area contributed by atoms with Crippen molar-refractivity contribution >= 4 is 0 Å². The second kappa shape index (κ2) is 6.19. The molecule has 0 spiro atoms. The molecule has 0 saturated heterocycles. The molecular weight excluding hydrogens is 210 g/mol. The summed E-state index contributed by atoms with van der Waals surface area (Å²) < 4.78 is 5.80. The van der Waals surface area contributed by atoms with Crippen molar-refractivity contribution in [1.29, 1.82) is 0 Å². The van der Waals surface area contributed by atoms with Crippen LogP contribution < -0.4 is 5.32 Å². The summed E-state index contributed by atoms with van der Waals surface area (Å²) >= 11 is 0. The third kappa shape index (κ3) is 3.45. The molecule has 1 aliphatic carbocycles. The number of methoxy groups -OCH3 is 1. The van der Waals surface area contributed by atoms with E-state index in [1.54, 1.807) is 0 Å². The Hall–Kier alpha value is -0.0800. The number of ether oxygens (including phenoxy) is 1. The molecule has 0 heterocycles. The Morgan fingerprint density at radius 2 is 1.76 bits per heavy atom. The highest BCUT2D eigenvalue weighted by molar-refractivity contribution is 4.95. The molecule has 0 amide bonds. The van der Waals surface area contributed by atoms with E-state index in [1.165, 1.54) is 19.3 Å². The standard InChI is InChI=1S/C15H31NO/c1-7-15(4,17-6)14(16-5)13-9-11(2)8-12(3)10-13/h11-14,16H,7-10H2,1-6H3. The lowest BCUT2D eigenvalue weighted by molar-refractivity contribution is -0.0532. The summed E-state index contributed by atoms with van der Waals surface area (Å²) in [5.41, 5.74) is -0.0316. The number of likely N-dealkylation sites (N-methyl/N-ethyl adjacent to an activating group) is 1. The van der Waals surface area contributed by atoms with Gasteiger partial charge in [-0.05, 0) is 57.4 Å². The zero-order valence-electron chi connectivity index (χ0n) is 12.5. The van der Waals surface area contributed by atoms with Crippen LogP contribution >= 0.6 is 0 Å². The van der Waals surface area contributed by atoms with Gasteiger partial charge in [0.05, 0.1) is 5.60 Å². The van der Waals surface area contributed by atoms with Crippen LogP contribution in [0.4, 0.5) is 0 Å².